The van der Waals surface area contributed by atoms with Gasteiger partial charge in [0.1, 0.15) is 0 Å². The molecule has 0 atom stereocenters. The number of hydroxylamine groups is 2. The first-order chi connectivity index (χ1) is 6.56. The predicted molar refractivity (Wildman–Crippen MR) is 54.3 cm³/mol. The lowest BCUT2D eigenvalue weighted by Crippen LogP contribution is -2.38. The summed E-state index contributed by atoms with van der Waals surface area (Å²) in [6.45, 7) is 10.3. The van der Waals surface area contributed by atoms with Crippen molar-refractivity contribution in [1.29, 1.82) is 0 Å². The molecule has 5 heteroatoms. The maximum atomic E-state index is 11.4. The highest BCUT2D eigenvalue weighted by molar-refractivity contribution is 5.75. The maximum absolute atomic E-state index is 11.4. The van der Waals surface area contributed by atoms with Crippen LogP contribution >= 0.6 is 0 Å². The van der Waals surface area contributed by atoms with Crippen LogP contribution in [0.4, 0.5) is 0 Å². The third-order valence-corrected chi connectivity index (χ3v) is 1.24. The Balaban J connectivity index is 4.36. The second-order valence-electron chi connectivity index (χ2n) is 5.22. The third-order valence-electron chi connectivity index (χ3n) is 1.24. The quantitative estimate of drug-likeness (QED) is 0.533. The molecule has 0 saturated carbocycles. The van der Waals surface area contributed by atoms with Gasteiger partial charge in [0.25, 0.3) is 6.41 Å². The van der Waals surface area contributed by atoms with Crippen LogP contribution < -0.4 is 0 Å². The monoisotopic (exact) mass is 217 g/mol. The van der Waals surface area contributed by atoms with Crippen LogP contribution in [0.5, 0.6) is 0 Å². The summed E-state index contributed by atoms with van der Waals surface area (Å²) in [4.78, 5) is 31.8. The van der Waals surface area contributed by atoms with Gasteiger partial charge in [0.15, 0.2) is 0 Å². The zero-order chi connectivity index (χ0) is 12.3. The third kappa shape index (κ3) is 6.06. The van der Waals surface area contributed by atoms with Gasteiger partial charge in [0.05, 0.1) is 11.0 Å². The van der Waals surface area contributed by atoms with Gasteiger partial charge < -0.3 is 4.84 Å². The summed E-state index contributed by atoms with van der Waals surface area (Å²) in [6.07, 6.45) is 0.314. The molecule has 0 aromatic heterocycles. The smallest absolute Gasteiger partial charge is 0.312 e. The minimum absolute atomic E-state index is 0.314. The topological polar surface area (TPSA) is 55.8 Å². The summed E-state index contributed by atoms with van der Waals surface area (Å²) in [5, 5.41) is 0.549. The fraction of sp³-hybridized carbons (Fsp3) is 0.800. The molecule has 0 aromatic carbocycles. The summed E-state index contributed by atoms with van der Waals surface area (Å²) >= 11 is 0. The van der Waals surface area contributed by atoms with Crippen LogP contribution in [0.1, 0.15) is 41.5 Å². The van der Waals surface area contributed by atoms with E-state index in [9.17, 15) is 9.59 Å². The molecule has 0 bridgehead atoms. The molecule has 0 N–H and O–H groups in total. The lowest BCUT2D eigenvalue weighted by atomic mass is 9.98. The number of hydrogen-bond acceptors (Lipinski definition) is 4. The SMILES string of the molecule is CC(C)(C)ON(C=O)OC(=O)C(C)(C)C. The van der Waals surface area contributed by atoms with Crippen LogP contribution in [0, 0.1) is 5.41 Å². The standard InChI is InChI=1S/C10H19NO4/c1-9(2,3)8(13)14-11(7-12)15-10(4,5)6/h7H,1-6H3. The molecule has 0 rings (SSSR count). The van der Waals surface area contributed by atoms with Crippen molar-refractivity contribution in [1.82, 2.24) is 5.23 Å². The Kier molecular flexibility index (Phi) is 4.27. The van der Waals surface area contributed by atoms with Crippen LogP contribution in [0.25, 0.3) is 0 Å². The van der Waals surface area contributed by atoms with Gasteiger partial charge in [0.2, 0.25) is 0 Å². The van der Waals surface area contributed by atoms with Crippen molar-refractivity contribution in [2.75, 3.05) is 0 Å². The molecule has 0 fully saturated rings. The summed E-state index contributed by atoms with van der Waals surface area (Å²) in [5.41, 5.74) is -1.28. The second-order valence-corrected chi connectivity index (χ2v) is 5.22. The van der Waals surface area contributed by atoms with E-state index in [1.165, 1.54) is 0 Å². The van der Waals surface area contributed by atoms with Crippen molar-refractivity contribution in [3.05, 3.63) is 0 Å². The fourth-order valence-electron chi connectivity index (χ4n) is 0.550. The van der Waals surface area contributed by atoms with E-state index in [4.69, 9.17) is 9.68 Å². The van der Waals surface area contributed by atoms with Crippen molar-refractivity contribution in [2.24, 2.45) is 5.41 Å². The van der Waals surface area contributed by atoms with Gasteiger partial charge in [-0.25, -0.2) is 9.63 Å². The Morgan fingerprint density at radius 2 is 1.60 bits per heavy atom. The molecule has 0 aliphatic rings. The molecule has 15 heavy (non-hydrogen) atoms. The van der Waals surface area contributed by atoms with E-state index < -0.39 is 17.0 Å². The zero-order valence-corrected chi connectivity index (χ0v) is 10.2. The van der Waals surface area contributed by atoms with E-state index in [1.54, 1.807) is 41.5 Å². The fourth-order valence-corrected chi connectivity index (χ4v) is 0.550. The first-order valence-electron chi connectivity index (χ1n) is 4.72. The van der Waals surface area contributed by atoms with Crippen LogP contribution in [0.3, 0.4) is 0 Å². The average molecular weight is 217 g/mol. The molecule has 0 radical (unpaired) electrons. The van der Waals surface area contributed by atoms with Crippen molar-refractivity contribution in [3.8, 4) is 0 Å². The summed E-state index contributed by atoms with van der Waals surface area (Å²) < 4.78 is 0. The average Bonchev–Trinajstić information content (AvgIpc) is 1.98. The number of carbonyl (C=O) groups excluding carboxylic acids is 2. The maximum Gasteiger partial charge on any atom is 0.340 e. The zero-order valence-electron chi connectivity index (χ0n) is 10.2. The van der Waals surface area contributed by atoms with Crippen LogP contribution in [-0.4, -0.2) is 23.2 Å². The van der Waals surface area contributed by atoms with Crippen LogP contribution in [0.15, 0.2) is 0 Å². The minimum Gasteiger partial charge on any atom is -0.312 e. The van der Waals surface area contributed by atoms with Gasteiger partial charge in [-0.05, 0) is 46.8 Å². The molecular weight excluding hydrogens is 198 g/mol. The Morgan fingerprint density at radius 1 is 1.13 bits per heavy atom. The van der Waals surface area contributed by atoms with Gasteiger partial charge >= 0.3 is 5.97 Å². The molecule has 1 amide bonds. The Morgan fingerprint density at radius 3 is 1.87 bits per heavy atom. The van der Waals surface area contributed by atoms with Gasteiger partial charge in [0, 0.05) is 0 Å². The normalized spacial score (nSPS) is 12.1. The van der Waals surface area contributed by atoms with E-state index in [2.05, 4.69) is 0 Å². The number of carbonyl (C=O) groups is 2. The number of hydrogen-bond donors (Lipinski definition) is 0. The largest absolute Gasteiger partial charge is 0.340 e. The van der Waals surface area contributed by atoms with E-state index >= 15 is 0 Å². The van der Waals surface area contributed by atoms with E-state index in [-0.39, 0.29) is 0 Å². The van der Waals surface area contributed by atoms with Crippen molar-refractivity contribution in [3.63, 3.8) is 0 Å². The van der Waals surface area contributed by atoms with Gasteiger partial charge in [-0.2, -0.15) is 0 Å². The number of nitrogens with zero attached hydrogens (tertiary/aromatic N) is 1. The van der Waals surface area contributed by atoms with Crippen molar-refractivity contribution in [2.45, 2.75) is 47.1 Å². The number of amides is 1. The van der Waals surface area contributed by atoms with E-state index in [0.717, 1.165) is 0 Å². The molecule has 0 aromatic rings. The van der Waals surface area contributed by atoms with E-state index in [1.807, 2.05) is 0 Å². The second kappa shape index (κ2) is 4.61. The molecule has 88 valence electrons. The Hall–Kier alpha value is -1.10. The molecular formula is C10H19NO4. The van der Waals surface area contributed by atoms with Gasteiger partial charge in [-0.3, -0.25) is 4.79 Å². The lowest BCUT2D eigenvalue weighted by Gasteiger charge is -2.26. The minimum atomic E-state index is -0.678. The predicted octanol–water partition coefficient (Wildman–Crippen LogP) is 1.68. The van der Waals surface area contributed by atoms with Crippen LogP contribution in [-0.2, 0) is 19.3 Å². The summed E-state index contributed by atoms with van der Waals surface area (Å²) in [7, 11) is 0. The first-order valence-corrected chi connectivity index (χ1v) is 4.72. The molecule has 5 nitrogen and oxygen atoms in total. The molecule has 0 aliphatic heterocycles. The molecule has 0 unspecified atom stereocenters. The lowest BCUT2D eigenvalue weighted by molar-refractivity contribution is -0.351. The molecule has 0 aliphatic carbocycles. The van der Waals surface area contributed by atoms with Gasteiger partial charge in [-0.15, -0.1) is 0 Å². The molecule has 0 spiro atoms. The van der Waals surface area contributed by atoms with Crippen molar-refractivity contribution < 1.29 is 19.3 Å². The number of rotatable bonds is 3. The van der Waals surface area contributed by atoms with Crippen LogP contribution in [0.2, 0.25) is 0 Å². The highest BCUT2D eigenvalue weighted by Gasteiger charge is 2.28. The van der Waals surface area contributed by atoms with E-state index in [0.29, 0.717) is 11.6 Å². The Bertz CT molecular complexity index is 237. The van der Waals surface area contributed by atoms with Crippen molar-refractivity contribution >= 4 is 12.4 Å². The Labute approximate surface area is 90.2 Å². The first kappa shape index (κ1) is 13.9. The summed E-state index contributed by atoms with van der Waals surface area (Å²) in [5.74, 6) is -0.529. The molecule has 0 heterocycles. The van der Waals surface area contributed by atoms with Gasteiger partial charge in [-0.1, -0.05) is 0 Å². The summed E-state index contributed by atoms with van der Waals surface area (Å²) in [6, 6.07) is 0. The highest BCUT2D eigenvalue weighted by Crippen LogP contribution is 2.17. The molecule has 0 saturated heterocycles. The highest BCUT2D eigenvalue weighted by atomic mass is 17.0.